The molecular weight excluding hydrogens is 238 g/mol. The van der Waals surface area contributed by atoms with Gasteiger partial charge in [-0.1, -0.05) is 44.9 Å². The molecule has 0 spiro atoms. The standard InChI is InChI=1S/C16H25NO2/c1-4-8-15(9-5-2)17(3)16-11-7-6-10-14(16)12-19-13-18/h6-7,10-11,13,15H,4-5,8-9,12H2,1-3H3. The fraction of sp³-hybridized carbons (Fsp3) is 0.562. The van der Waals surface area contributed by atoms with E-state index >= 15 is 0 Å². The zero-order chi connectivity index (χ0) is 14.1. The number of hydrogen-bond donors (Lipinski definition) is 0. The molecule has 1 rings (SSSR count). The first kappa shape index (κ1) is 15.5. The van der Waals surface area contributed by atoms with Crippen LogP contribution in [-0.2, 0) is 16.1 Å². The van der Waals surface area contributed by atoms with Crippen LogP contribution in [0.2, 0.25) is 0 Å². The number of hydrogen-bond acceptors (Lipinski definition) is 3. The Morgan fingerprint density at radius 1 is 1.21 bits per heavy atom. The lowest BCUT2D eigenvalue weighted by Gasteiger charge is -2.31. The molecule has 0 aliphatic heterocycles. The third-order valence-electron chi connectivity index (χ3n) is 3.47. The highest BCUT2D eigenvalue weighted by atomic mass is 16.5. The Kier molecular flexibility index (Phi) is 7.01. The summed E-state index contributed by atoms with van der Waals surface area (Å²) < 4.78 is 4.90. The molecule has 3 nitrogen and oxygen atoms in total. The molecular formula is C16H25NO2. The van der Waals surface area contributed by atoms with Gasteiger partial charge in [0, 0.05) is 24.3 Å². The summed E-state index contributed by atoms with van der Waals surface area (Å²) in [4.78, 5) is 12.7. The summed E-state index contributed by atoms with van der Waals surface area (Å²) in [6, 6.07) is 8.68. The minimum atomic E-state index is 0.342. The molecule has 1 aromatic carbocycles. The minimum absolute atomic E-state index is 0.342. The maximum atomic E-state index is 10.4. The van der Waals surface area contributed by atoms with Gasteiger partial charge in [0.1, 0.15) is 6.61 Å². The number of anilines is 1. The van der Waals surface area contributed by atoms with Crippen molar-refractivity contribution in [3.8, 4) is 0 Å². The predicted octanol–water partition coefficient (Wildman–Crippen LogP) is 3.76. The fourth-order valence-electron chi connectivity index (χ4n) is 2.50. The number of carbonyl (C=O) groups is 1. The van der Waals surface area contributed by atoms with Crippen molar-refractivity contribution in [1.82, 2.24) is 0 Å². The molecule has 0 atom stereocenters. The lowest BCUT2D eigenvalue weighted by atomic mass is 10.0. The van der Waals surface area contributed by atoms with Crippen LogP contribution < -0.4 is 4.90 Å². The van der Waals surface area contributed by atoms with E-state index < -0.39 is 0 Å². The van der Waals surface area contributed by atoms with E-state index in [-0.39, 0.29) is 0 Å². The number of benzene rings is 1. The van der Waals surface area contributed by atoms with Gasteiger partial charge in [0.05, 0.1) is 0 Å². The van der Waals surface area contributed by atoms with Gasteiger partial charge in [-0.05, 0) is 18.9 Å². The molecule has 0 heterocycles. The Balaban J connectivity index is 2.88. The smallest absolute Gasteiger partial charge is 0.293 e. The van der Waals surface area contributed by atoms with Crippen LogP contribution >= 0.6 is 0 Å². The normalized spacial score (nSPS) is 10.5. The molecule has 3 heteroatoms. The van der Waals surface area contributed by atoms with Gasteiger partial charge in [-0.2, -0.15) is 0 Å². The summed E-state index contributed by atoms with van der Waals surface area (Å²) >= 11 is 0. The minimum Gasteiger partial charge on any atom is -0.463 e. The van der Waals surface area contributed by atoms with Crippen LogP contribution in [0.25, 0.3) is 0 Å². The second-order valence-electron chi connectivity index (χ2n) is 4.88. The monoisotopic (exact) mass is 263 g/mol. The Bertz CT molecular complexity index is 373. The molecule has 0 saturated carbocycles. The Labute approximate surface area is 116 Å². The molecule has 106 valence electrons. The molecule has 0 amide bonds. The highest BCUT2D eigenvalue weighted by molar-refractivity contribution is 5.54. The second-order valence-corrected chi connectivity index (χ2v) is 4.88. The van der Waals surface area contributed by atoms with Crippen LogP contribution in [0, 0.1) is 0 Å². The lowest BCUT2D eigenvalue weighted by Crippen LogP contribution is -2.32. The SMILES string of the molecule is CCCC(CCC)N(C)c1ccccc1COC=O. The third-order valence-corrected chi connectivity index (χ3v) is 3.47. The van der Waals surface area contributed by atoms with Crippen LogP contribution in [0.15, 0.2) is 24.3 Å². The summed E-state index contributed by atoms with van der Waals surface area (Å²) in [5.74, 6) is 0. The van der Waals surface area contributed by atoms with E-state index in [9.17, 15) is 4.79 Å². The molecule has 1 aromatic rings. The Morgan fingerprint density at radius 3 is 2.42 bits per heavy atom. The van der Waals surface area contributed by atoms with Crippen molar-refractivity contribution in [3.63, 3.8) is 0 Å². The first-order valence-corrected chi connectivity index (χ1v) is 7.10. The zero-order valence-electron chi connectivity index (χ0n) is 12.3. The molecule has 0 aliphatic rings. The van der Waals surface area contributed by atoms with E-state index in [1.165, 1.54) is 25.7 Å². The molecule has 19 heavy (non-hydrogen) atoms. The van der Waals surface area contributed by atoms with Gasteiger partial charge in [0.2, 0.25) is 0 Å². The van der Waals surface area contributed by atoms with Gasteiger partial charge in [0.25, 0.3) is 6.47 Å². The summed E-state index contributed by atoms with van der Waals surface area (Å²) in [5, 5.41) is 0. The highest BCUT2D eigenvalue weighted by Gasteiger charge is 2.16. The molecule has 0 unspecified atom stereocenters. The molecule has 0 radical (unpaired) electrons. The lowest BCUT2D eigenvalue weighted by molar-refractivity contribution is -0.129. The first-order valence-electron chi connectivity index (χ1n) is 7.10. The average molecular weight is 263 g/mol. The number of ether oxygens (including phenoxy) is 1. The van der Waals surface area contributed by atoms with Crippen molar-refractivity contribution >= 4 is 12.2 Å². The van der Waals surface area contributed by atoms with Gasteiger partial charge in [-0.15, -0.1) is 0 Å². The van der Waals surface area contributed by atoms with Crippen LogP contribution in [0.3, 0.4) is 0 Å². The van der Waals surface area contributed by atoms with Gasteiger partial charge in [-0.25, -0.2) is 0 Å². The number of rotatable bonds is 9. The van der Waals surface area contributed by atoms with Crippen molar-refractivity contribution in [2.24, 2.45) is 0 Å². The summed E-state index contributed by atoms with van der Waals surface area (Å²) in [5.41, 5.74) is 2.23. The average Bonchev–Trinajstić information content (AvgIpc) is 2.44. The van der Waals surface area contributed by atoms with Crippen LogP contribution in [0.1, 0.15) is 45.1 Å². The number of carbonyl (C=O) groups excluding carboxylic acids is 1. The van der Waals surface area contributed by atoms with Crippen molar-refractivity contribution < 1.29 is 9.53 Å². The van der Waals surface area contributed by atoms with E-state index in [1.807, 2.05) is 18.2 Å². The van der Waals surface area contributed by atoms with E-state index in [0.29, 0.717) is 19.1 Å². The van der Waals surface area contributed by atoms with E-state index in [1.54, 1.807) is 0 Å². The number of para-hydroxylation sites is 1. The fourth-order valence-corrected chi connectivity index (χ4v) is 2.50. The summed E-state index contributed by atoms with van der Waals surface area (Å²) in [6.07, 6.45) is 4.74. The Hall–Kier alpha value is -1.51. The summed E-state index contributed by atoms with van der Waals surface area (Å²) in [7, 11) is 2.13. The largest absolute Gasteiger partial charge is 0.463 e. The molecule has 0 fully saturated rings. The molecule has 0 aliphatic carbocycles. The summed E-state index contributed by atoms with van der Waals surface area (Å²) in [6.45, 7) is 5.29. The second kappa shape index (κ2) is 8.57. The zero-order valence-corrected chi connectivity index (χ0v) is 12.3. The first-order chi connectivity index (χ1) is 9.24. The van der Waals surface area contributed by atoms with Gasteiger partial charge < -0.3 is 9.64 Å². The Morgan fingerprint density at radius 2 is 1.84 bits per heavy atom. The predicted molar refractivity (Wildman–Crippen MR) is 79.3 cm³/mol. The van der Waals surface area contributed by atoms with Gasteiger partial charge >= 0.3 is 0 Å². The molecule has 0 saturated heterocycles. The maximum absolute atomic E-state index is 10.4. The quantitative estimate of drug-likeness (QED) is 0.635. The van der Waals surface area contributed by atoms with Crippen LogP contribution in [0.5, 0.6) is 0 Å². The van der Waals surface area contributed by atoms with E-state index in [2.05, 4.69) is 31.9 Å². The van der Waals surface area contributed by atoms with Crippen molar-refractivity contribution in [3.05, 3.63) is 29.8 Å². The highest BCUT2D eigenvalue weighted by Crippen LogP contribution is 2.25. The van der Waals surface area contributed by atoms with E-state index in [4.69, 9.17) is 4.74 Å². The van der Waals surface area contributed by atoms with Crippen LogP contribution in [-0.4, -0.2) is 19.6 Å². The molecule has 0 bridgehead atoms. The van der Waals surface area contributed by atoms with Crippen molar-refractivity contribution in [1.29, 1.82) is 0 Å². The van der Waals surface area contributed by atoms with E-state index in [0.717, 1.165) is 11.3 Å². The van der Waals surface area contributed by atoms with Gasteiger partial charge in [0.15, 0.2) is 0 Å². The number of nitrogens with zero attached hydrogens (tertiary/aromatic N) is 1. The molecule has 0 aromatic heterocycles. The third kappa shape index (κ3) is 4.58. The maximum Gasteiger partial charge on any atom is 0.293 e. The molecule has 0 N–H and O–H groups in total. The van der Waals surface area contributed by atoms with Crippen molar-refractivity contribution in [2.45, 2.75) is 52.2 Å². The van der Waals surface area contributed by atoms with Crippen molar-refractivity contribution in [2.75, 3.05) is 11.9 Å². The topological polar surface area (TPSA) is 29.5 Å². The van der Waals surface area contributed by atoms with Gasteiger partial charge in [-0.3, -0.25) is 4.79 Å². The van der Waals surface area contributed by atoms with Crippen LogP contribution in [0.4, 0.5) is 5.69 Å².